The second-order valence-corrected chi connectivity index (χ2v) is 6.81. The predicted molar refractivity (Wildman–Crippen MR) is 78.2 cm³/mol. The normalized spacial score (nSPS) is 23.0. The zero-order chi connectivity index (χ0) is 19.3. The van der Waals surface area contributed by atoms with E-state index in [4.69, 9.17) is 0 Å². The Morgan fingerprint density at radius 1 is 1.27 bits per heavy atom. The molecule has 146 valence electrons. The number of hydrogen-bond donors (Lipinski definition) is 1. The SMILES string of the molecule is Cn1ncc2c1CCCC2NC(=O)N1CCC(C(F)(F)F)(C(F)(F)F)C1. The molecule has 2 heterocycles. The van der Waals surface area contributed by atoms with Crippen LogP contribution in [0.15, 0.2) is 6.20 Å². The van der Waals surface area contributed by atoms with E-state index in [1.807, 2.05) is 0 Å². The average molecular weight is 384 g/mol. The van der Waals surface area contributed by atoms with Crippen molar-refractivity contribution in [1.82, 2.24) is 20.0 Å². The van der Waals surface area contributed by atoms with E-state index in [9.17, 15) is 31.1 Å². The summed E-state index contributed by atoms with van der Waals surface area (Å²) >= 11 is 0. The molecule has 1 aliphatic heterocycles. The van der Waals surface area contributed by atoms with Crippen molar-refractivity contribution in [3.8, 4) is 0 Å². The van der Waals surface area contributed by atoms with Crippen molar-refractivity contribution in [2.24, 2.45) is 12.5 Å². The van der Waals surface area contributed by atoms with Gasteiger partial charge in [-0.05, 0) is 25.7 Å². The lowest BCUT2D eigenvalue weighted by Crippen LogP contribution is -2.53. The number of urea groups is 1. The van der Waals surface area contributed by atoms with Gasteiger partial charge in [-0.1, -0.05) is 0 Å². The molecule has 0 spiro atoms. The van der Waals surface area contributed by atoms with Crippen molar-refractivity contribution >= 4 is 6.03 Å². The molecule has 1 aromatic rings. The summed E-state index contributed by atoms with van der Waals surface area (Å²) in [6, 6.07) is -1.38. The van der Waals surface area contributed by atoms with E-state index < -0.39 is 49.4 Å². The number of likely N-dealkylation sites (tertiary alicyclic amines) is 1. The first-order chi connectivity index (χ1) is 12.0. The van der Waals surface area contributed by atoms with E-state index in [0.29, 0.717) is 11.3 Å². The Bertz CT molecular complexity index is 681. The minimum atomic E-state index is -5.47. The lowest BCUT2D eigenvalue weighted by molar-refractivity contribution is -0.334. The van der Waals surface area contributed by atoms with E-state index in [0.717, 1.165) is 24.1 Å². The highest BCUT2D eigenvalue weighted by Gasteiger charge is 2.73. The Hall–Kier alpha value is -1.94. The number of amides is 2. The van der Waals surface area contributed by atoms with Gasteiger partial charge in [-0.25, -0.2) is 4.79 Å². The third kappa shape index (κ3) is 2.90. The summed E-state index contributed by atoms with van der Waals surface area (Å²) in [6.45, 7) is -2.02. The Morgan fingerprint density at radius 2 is 1.92 bits per heavy atom. The number of nitrogens with one attached hydrogen (secondary N) is 1. The summed E-state index contributed by atoms with van der Waals surface area (Å²) in [4.78, 5) is 12.9. The molecular weight excluding hydrogens is 366 g/mol. The first-order valence-corrected chi connectivity index (χ1v) is 8.16. The standard InChI is InChI=1S/C15H18F6N4O/c1-24-11-4-2-3-10(9(11)7-22-24)23-12(26)25-6-5-13(8-25,14(16,17)18)15(19,20)21/h7,10H,2-6,8H2,1H3,(H,23,26). The van der Waals surface area contributed by atoms with Gasteiger partial charge in [0.1, 0.15) is 0 Å². The first-order valence-electron chi connectivity index (χ1n) is 8.16. The molecule has 1 aliphatic carbocycles. The van der Waals surface area contributed by atoms with E-state index in [2.05, 4.69) is 10.4 Å². The molecule has 3 rings (SSSR count). The number of nitrogens with zero attached hydrogens (tertiary/aromatic N) is 3. The molecule has 0 radical (unpaired) electrons. The van der Waals surface area contributed by atoms with Crippen LogP contribution in [0.2, 0.25) is 0 Å². The zero-order valence-corrected chi connectivity index (χ0v) is 13.9. The van der Waals surface area contributed by atoms with Crippen LogP contribution >= 0.6 is 0 Å². The Balaban J connectivity index is 1.75. The topological polar surface area (TPSA) is 50.2 Å². The van der Waals surface area contributed by atoms with E-state index in [-0.39, 0.29) is 0 Å². The van der Waals surface area contributed by atoms with Gasteiger partial charge in [0, 0.05) is 31.4 Å². The molecule has 1 atom stereocenters. The molecule has 0 saturated carbocycles. The number of aryl methyl sites for hydroxylation is 1. The van der Waals surface area contributed by atoms with Crippen LogP contribution in [0.4, 0.5) is 31.1 Å². The summed E-state index contributed by atoms with van der Waals surface area (Å²) in [5.41, 5.74) is -2.21. The maximum atomic E-state index is 13.1. The highest BCUT2D eigenvalue weighted by molar-refractivity contribution is 5.75. The number of hydrogen-bond acceptors (Lipinski definition) is 2. The van der Waals surface area contributed by atoms with Crippen LogP contribution in [0, 0.1) is 5.41 Å². The number of aromatic nitrogens is 2. The molecule has 1 saturated heterocycles. The van der Waals surface area contributed by atoms with Crippen molar-refractivity contribution in [1.29, 1.82) is 0 Å². The summed E-state index contributed by atoms with van der Waals surface area (Å²) < 4.78 is 80.4. The maximum absolute atomic E-state index is 13.1. The fourth-order valence-electron chi connectivity index (χ4n) is 3.70. The van der Waals surface area contributed by atoms with Gasteiger partial charge in [-0.3, -0.25) is 4.68 Å². The highest BCUT2D eigenvalue weighted by atomic mass is 19.4. The van der Waals surface area contributed by atoms with Gasteiger partial charge in [-0.15, -0.1) is 0 Å². The van der Waals surface area contributed by atoms with Crippen molar-refractivity contribution in [3.05, 3.63) is 17.5 Å². The Labute approximate surface area is 145 Å². The van der Waals surface area contributed by atoms with E-state index in [1.165, 1.54) is 0 Å². The lowest BCUT2D eigenvalue weighted by atomic mass is 9.85. The minimum absolute atomic E-state index is 0.466. The second-order valence-electron chi connectivity index (χ2n) is 6.81. The van der Waals surface area contributed by atoms with Crippen LogP contribution < -0.4 is 5.32 Å². The number of alkyl halides is 6. The molecule has 1 aromatic heterocycles. The molecule has 1 N–H and O–H groups in total. The average Bonchev–Trinajstić information content (AvgIpc) is 3.12. The molecule has 1 fully saturated rings. The monoisotopic (exact) mass is 384 g/mol. The Kier molecular flexibility index (Phi) is 4.39. The van der Waals surface area contributed by atoms with Crippen LogP contribution in [0.1, 0.15) is 36.6 Å². The van der Waals surface area contributed by atoms with Crippen molar-refractivity contribution in [2.45, 2.75) is 44.1 Å². The molecule has 11 heteroatoms. The second kappa shape index (κ2) is 6.05. The van der Waals surface area contributed by atoms with E-state index >= 15 is 0 Å². The van der Waals surface area contributed by atoms with Gasteiger partial charge >= 0.3 is 18.4 Å². The first kappa shape index (κ1) is 18.8. The molecule has 1 unspecified atom stereocenters. The number of carbonyl (C=O) groups is 1. The van der Waals surface area contributed by atoms with Gasteiger partial charge in [0.05, 0.1) is 12.2 Å². The largest absolute Gasteiger partial charge is 0.404 e. The molecule has 0 aromatic carbocycles. The van der Waals surface area contributed by atoms with Gasteiger partial charge in [-0.2, -0.15) is 31.4 Å². The fraction of sp³-hybridized carbons (Fsp3) is 0.733. The van der Waals surface area contributed by atoms with Crippen molar-refractivity contribution in [2.75, 3.05) is 13.1 Å². The third-order valence-electron chi connectivity index (χ3n) is 5.32. The Morgan fingerprint density at radius 3 is 2.50 bits per heavy atom. The molecule has 26 heavy (non-hydrogen) atoms. The van der Waals surface area contributed by atoms with E-state index in [1.54, 1.807) is 17.9 Å². The highest BCUT2D eigenvalue weighted by Crippen LogP contribution is 2.55. The number of halogens is 6. The van der Waals surface area contributed by atoms with Crippen LogP contribution in [0.3, 0.4) is 0 Å². The van der Waals surface area contributed by atoms with Crippen molar-refractivity contribution in [3.63, 3.8) is 0 Å². The van der Waals surface area contributed by atoms with Gasteiger partial charge in [0.25, 0.3) is 0 Å². The number of fused-ring (bicyclic) bond motifs is 1. The van der Waals surface area contributed by atoms with Crippen molar-refractivity contribution < 1.29 is 31.1 Å². The molecule has 2 aliphatic rings. The van der Waals surface area contributed by atoms with Crippen LogP contribution in [0.25, 0.3) is 0 Å². The fourth-order valence-corrected chi connectivity index (χ4v) is 3.70. The molecule has 2 amide bonds. The quantitative estimate of drug-likeness (QED) is 0.756. The predicted octanol–water partition coefficient (Wildman–Crippen LogP) is 3.32. The molecular formula is C15H18F6N4O. The lowest BCUT2D eigenvalue weighted by Gasteiger charge is -2.33. The summed E-state index contributed by atoms with van der Waals surface area (Å²) in [5, 5.41) is 6.67. The summed E-state index contributed by atoms with van der Waals surface area (Å²) in [5.74, 6) is 0. The molecule has 5 nitrogen and oxygen atoms in total. The van der Waals surface area contributed by atoms with Crippen LogP contribution in [-0.2, 0) is 13.5 Å². The minimum Gasteiger partial charge on any atom is -0.331 e. The van der Waals surface area contributed by atoms with Gasteiger partial charge in [0.2, 0.25) is 0 Å². The molecule has 0 bridgehead atoms. The summed E-state index contributed by atoms with van der Waals surface area (Å²) in [7, 11) is 1.74. The van der Waals surface area contributed by atoms with Crippen LogP contribution in [-0.4, -0.2) is 46.2 Å². The third-order valence-corrected chi connectivity index (χ3v) is 5.32. The number of carbonyl (C=O) groups excluding carboxylic acids is 1. The van der Waals surface area contributed by atoms with Crippen LogP contribution in [0.5, 0.6) is 0 Å². The summed E-state index contributed by atoms with van der Waals surface area (Å²) in [6.07, 6.45) is -8.50. The zero-order valence-electron chi connectivity index (χ0n) is 13.9. The number of rotatable bonds is 1. The smallest absolute Gasteiger partial charge is 0.331 e. The van der Waals surface area contributed by atoms with Gasteiger partial charge in [0.15, 0.2) is 5.41 Å². The maximum Gasteiger partial charge on any atom is 0.404 e. The van der Waals surface area contributed by atoms with Gasteiger partial charge < -0.3 is 10.2 Å².